The van der Waals surface area contributed by atoms with Gasteiger partial charge in [-0.1, -0.05) is 0 Å². The van der Waals surface area contributed by atoms with Crippen LogP contribution < -0.4 is 11.1 Å². The molecule has 0 aliphatic heterocycles. The molecule has 0 bridgehead atoms. The van der Waals surface area contributed by atoms with Crippen molar-refractivity contribution in [3.05, 3.63) is 11.8 Å². The first-order valence-electron chi connectivity index (χ1n) is 4.81. The smallest absolute Gasteiger partial charge is 0.258 e. The molecule has 0 atom stereocenters. The van der Waals surface area contributed by atoms with Crippen LogP contribution in [0.2, 0.25) is 0 Å². The molecule has 0 saturated heterocycles. The van der Waals surface area contributed by atoms with Crippen molar-refractivity contribution in [2.75, 3.05) is 26.4 Å². The molecule has 0 aliphatic carbocycles. The van der Waals surface area contributed by atoms with E-state index in [1.54, 1.807) is 14.1 Å². The third kappa shape index (κ3) is 2.72. The third-order valence-corrected chi connectivity index (χ3v) is 2.20. The number of nitrogens with two attached hydrogens (primary N) is 1. The van der Waals surface area contributed by atoms with Crippen molar-refractivity contribution in [2.45, 2.75) is 6.42 Å². The summed E-state index contributed by atoms with van der Waals surface area (Å²) in [7, 11) is 3.16. The summed E-state index contributed by atoms with van der Waals surface area (Å²) in [6, 6.07) is 0. The summed E-state index contributed by atoms with van der Waals surface area (Å²) in [5, 5.41) is 8.63. The van der Waals surface area contributed by atoms with E-state index in [0.717, 1.165) is 0 Å². The number of nitrogen functional groups attached to an aromatic ring is 1. The van der Waals surface area contributed by atoms with Gasteiger partial charge in [-0.2, -0.15) is 5.10 Å². The highest BCUT2D eigenvalue weighted by atomic mass is 16.2. The number of amides is 2. The predicted molar refractivity (Wildman–Crippen MR) is 58.6 cm³/mol. The third-order valence-electron chi connectivity index (χ3n) is 2.20. The van der Waals surface area contributed by atoms with Crippen LogP contribution in [-0.4, -0.2) is 47.6 Å². The van der Waals surface area contributed by atoms with Gasteiger partial charge in [-0.15, -0.1) is 0 Å². The zero-order chi connectivity index (χ0) is 12.1. The highest BCUT2D eigenvalue weighted by Gasteiger charge is 2.16. The molecule has 7 nitrogen and oxygen atoms in total. The van der Waals surface area contributed by atoms with E-state index >= 15 is 0 Å². The van der Waals surface area contributed by atoms with Crippen molar-refractivity contribution in [1.29, 1.82) is 0 Å². The second kappa shape index (κ2) is 5.15. The number of rotatable bonds is 4. The predicted octanol–water partition coefficient (Wildman–Crippen LogP) is -0.800. The van der Waals surface area contributed by atoms with Crippen molar-refractivity contribution in [3.63, 3.8) is 0 Å². The molecule has 0 saturated carbocycles. The number of H-pyrrole nitrogens is 1. The molecule has 0 aromatic carbocycles. The fourth-order valence-electron chi connectivity index (χ4n) is 1.17. The van der Waals surface area contributed by atoms with E-state index in [1.165, 1.54) is 11.1 Å². The van der Waals surface area contributed by atoms with Crippen LogP contribution in [0.3, 0.4) is 0 Å². The zero-order valence-electron chi connectivity index (χ0n) is 9.28. The minimum atomic E-state index is -0.254. The van der Waals surface area contributed by atoms with E-state index in [1.807, 2.05) is 0 Å². The summed E-state index contributed by atoms with van der Waals surface area (Å²) in [6.07, 6.45) is 1.63. The highest BCUT2D eigenvalue weighted by Crippen LogP contribution is 2.09. The Bertz CT molecular complexity index is 387. The first-order chi connectivity index (χ1) is 7.56. The van der Waals surface area contributed by atoms with E-state index in [4.69, 9.17) is 5.73 Å². The van der Waals surface area contributed by atoms with Gasteiger partial charge in [0.15, 0.2) is 0 Å². The molecular weight excluding hydrogens is 210 g/mol. The van der Waals surface area contributed by atoms with Crippen LogP contribution in [0.25, 0.3) is 0 Å². The molecule has 0 spiro atoms. The van der Waals surface area contributed by atoms with Crippen molar-refractivity contribution in [2.24, 2.45) is 0 Å². The fourth-order valence-corrected chi connectivity index (χ4v) is 1.17. The summed E-state index contributed by atoms with van der Waals surface area (Å²) in [4.78, 5) is 24.2. The largest absolute Gasteiger partial charge is 0.383 e. The quantitative estimate of drug-likeness (QED) is 0.624. The van der Waals surface area contributed by atoms with E-state index in [9.17, 15) is 9.59 Å². The van der Waals surface area contributed by atoms with Gasteiger partial charge < -0.3 is 16.0 Å². The lowest BCUT2D eigenvalue weighted by atomic mass is 10.2. The molecular formula is C9H15N5O2. The lowest BCUT2D eigenvalue weighted by molar-refractivity contribution is -0.120. The lowest BCUT2D eigenvalue weighted by Gasteiger charge is -2.15. The van der Waals surface area contributed by atoms with Crippen LogP contribution >= 0.6 is 0 Å². The molecule has 1 rings (SSSR count). The molecule has 1 aromatic heterocycles. The van der Waals surface area contributed by atoms with Crippen LogP contribution in [0.15, 0.2) is 6.20 Å². The topological polar surface area (TPSA) is 104 Å². The minimum Gasteiger partial charge on any atom is -0.383 e. The molecule has 2 amide bonds. The maximum absolute atomic E-state index is 11.8. The minimum absolute atomic E-state index is 0.111. The van der Waals surface area contributed by atoms with Crippen LogP contribution in [-0.2, 0) is 4.79 Å². The van der Waals surface area contributed by atoms with Crippen LogP contribution in [0.5, 0.6) is 0 Å². The number of carbonyl (C=O) groups is 2. The van der Waals surface area contributed by atoms with Gasteiger partial charge in [-0.25, -0.2) is 0 Å². The maximum Gasteiger partial charge on any atom is 0.258 e. The lowest BCUT2D eigenvalue weighted by Crippen LogP contribution is -2.31. The Hall–Kier alpha value is -2.05. The Balaban J connectivity index is 2.55. The second-order valence-corrected chi connectivity index (χ2v) is 3.35. The Labute approximate surface area is 93.0 Å². The van der Waals surface area contributed by atoms with Gasteiger partial charge in [0.05, 0.1) is 6.20 Å². The van der Waals surface area contributed by atoms with E-state index in [2.05, 4.69) is 15.5 Å². The van der Waals surface area contributed by atoms with Crippen molar-refractivity contribution in [1.82, 2.24) is 20.4 Å². The average Bonchev–Trinajstić information content (AvgIpc) is 2.70. The SMILES string of the molecule is CNC(=O)CCN(C)C(=O)c1cn[nH]c1N. The van der Waals surface area contributed by atoms with Gasteiger partial charge >= 0.3 is 0 Å². The van der Waals surface area contributed by atoms with E-state index in [-0.39, 0.29) is 24.1 Å². The van der Waals surface area contributed by atoms with Gasteiger partial charge in [0.25, 0.3) is 5.91 Å². The van der Waals surface area contributed by atoms with Crippen molar-refractivity contribution < 1.29 is 9.59 Å². The Kier molecular flexibility index (Phi) is 3.87. The average molecular weight is 225 g/mol. The number of anilines is 1. The molecule has 0 radical (unpaired) electrons. The molecule has 0 fully saturated rings. The van der Waals surface area contributed by atoms with E-state index < -0.39 is 0 Å². The Morgan fingerprint density at radius 1 is 1.62 bits per heavy atom. The first-order valence-corrected chi connectivity index (χ1v) is 4.81. The number of nitrogens with one attached hydrogen (secondary N) is 2. The standard InChI is InChI=1S/C9H15N5O2/c1-11-7(15)3-4-14(2)9(16)6-5-12-13-8(6)10/h5H,3-4H2,1-2H3,(H,11,15)(H3,10,12,13). The highest BCUT2D eigenvalue weighted by molar-refractivity contribution is 5.98. The summed E-state index contributed by atoms with van der Waals surface area (Å²) < 4.78 is 0. The summed E-state index contributed by atoms with van der Waals surface area (Å²) >= 11 is 0. The molecule has 16 heavy (non-hydrogen) atoms. The van der Waals surface area contributed by atoms with Gasteiger partial charge in [-0.3, -0.25) is 14.7 Å². The maximum atomic E-state index is 11.8. The number of aromatic nitrogens is 2. The zero-order valence-corrected chi connectivity index (χ0v) is 9.28. The summed E-state index contributed by atoms with van der Waals surface area (Å²) in [5.41, 5.74) is 5.84. The number of nitrogens with zero attached hydrogens (tertiary/aromatic N) is 2. The molecule has 1 heterocycles. The molecule has 1 aromatic rings. The number of carbonyl (C=O) groups excluding carboxylic acids is 2. The molecule has 4 N–H and O–H groups in total. The van der Waals surface area contributed by atoms with Crippen LogP contribution in [0.1, 0.15) is 16.8 Å². The molecule has 0 unspecified atom stereocenters. The number of hydrogen-bond donors (Lipinski definition) is 3. The van der Waals surface area contributed by atoms with Gasteiger partial charge in [-0.05, 0) is 0 Å². The summed E-state index contributed by atoms with van der Waals surface area (Å²) in [6.45, 7) is 0.336. The van der Waals surface area contributed by atoms with Gasteiger partial charge in [0, 0.05) is 27.1 Å². The van der Waals surface area contributed by atoms with E-state index in [0.29, 0.717) is 12.1 Å². The van der Waals surface area contributed by atoms with Gasteiger partial charge in [0.1, 0.15) is 11.4 Å². The second-order valence-electron chi connectivity index (χ2n) is 3.35. The van der Waals surface area contributed by atoms with Crippen LogP contribution in [0.4, 0.5) is 5.82 Å². The van der Waals surface area contributed by atoms with Crippen LogP contribution in [0, 0.1) is 0 Å². The molecule has 0 aliphatic rings. The van der Waals surface area contributed by atoms with Crippen molar-refractivity contribution >= 4 is 17.6 Å². The summed E-state index contributed by atoms with van der Waals surface area (Å²) in [5.74, 6) is -0.133. The Morgan fingerprint density at radius 3 is 2.81 bits per heavy atom. The molecule has 88 valence electrons. The fraction of sp³-hybridized carbons (Fsp3) is 0.444. The van der Waals surface area contributed by atoms with Crippen molar-refractivity contribution in [3.8, 4) is 0 Å². The number of aromatic amines is 1. The number of hydrogen-bond acceptors (Lipinski definition) is 4. The molecule has 7 heteroatoms. The van der Waals surface area contributed by atoms with Gasteiger partial charge in [0.2, 0.25) is 5.91 Å². The Morgan fingerprint density at radius 2 is 2.31 bits per heavy atom. The first kappa shape index (κ1) is 12.0. The normalized spacial score (nSPS) is 9.88. The monoisotopic (exact) mass is 225 g/mol.